The fraction of sp³-hybridized carbons (Fsp3) is 0.136. The molecule has 1 aliphatic heterocycles. The molecule has 3 aromatic carbocycles. The molecule has 0 saturated heterocycles. The second-order valence-electron chi connectivity index (χ2n) is 6.74. The summed E-state index contributed by atoms with van der Waals surface area (Å²) in [5.74, 6) is -0.328. The highest BCUT2D eigenvalue weighted by Gasteiger charge is 2.29. The number of anilines is 1. The van der Waals surface area contributed by atoms with Crippen LogP contribution in [0.3, 0.4) is 0 Å². The van der Waals surface area contributed by atoms with Crippen LogP contribution in [0.4, 0.5) is 11.4 Å². The average Bonchev–Trinajstić information content (AvgIpc) is 2.74. The SMILES string of the molecule is COc1cccc([N+](=O)[O-])c1NC(=O)CC1c2ccccc2Sc2ccc(Cl)cc21. The summed E-state index contributed by atoms with van der Waals surface area (Å²) in [5.41, 5.74) is 1.84. The van der Waals surface area contributed by atoms with E-state index in [9.17, 15) is 14.9 Å². The molecule has 1 amide bonds. The number of methoxy groups -OCH3 is 1. The smallest absolute Gasteiger partial charge is 0.296 e. The molecule has 0 aromatic heterocycles. The second-order valence-corrected chi connectivity index (χ2v) is 8.26. The topological polar surface area (TPSA) is 81.5 Å². The summed E-state index contributed by atoms with van der Waals surface area (Å²) in [6.07, 6.45) is 0.111. The lowest BCUT2D eigenvalue weighted by Gasteiger charge is -2.27. The number of hydrogen-bond acceptors (Lipinski definition) is 5. The van der Waals surface area contributed by atoms with Crippen molar-refractivity contribution >= 4 is 40.6 Å². The largest absolute Gasteiger partial charge is 0.494 e. The predicted octanol–water partition coefficient (Wildman–Crippen LogP) is 5.88. The highest BCUT2D eigenvalue weighted by Crippen LogP contribution is 2.48. The number of fused-ring (bicyclic) bond motifs is 2. The van der Waals surface area contributed by atoms with Gasteiger partial charge in [-0.1, -0.05) is 47.6 Å². The van der Waals surface area contributed by atoms with Crippen LogP contribution in [0, 0.1) is 10.1 Å². The molecule has 1 unspecified atom stereocenters. The first kappa shape index (κ1) is 20.3. The van der Waals surface area contributed by atoms with Gasteiger partial charge in [-0.15, -0.1) is 0 Å². The Bertz CT molecular complexity index is 1150. The van der Waals surface area contributed by atoms with Crippen LogP contribution in [-0.4, -0.2) is 17.9 Å². The van der Waals surface area contributed by atoms with E-state index >= 15 is 0 Å². The normalized spacial score (nSPS) is 14.4. The molecular formula is C22H17ClN2O4S. The highest BCUT2D eigenvalue weighted by atomic mass is 35.5. The van der Waals surface area contributed by atoms with Crippen molar-refractivity contribution in [2.75, 3.05) is 12.4 Å². The first-order chi connectivity index (χ1) is 14.5. The number of hydrogen-bond donors (Lipinski definition) is 1. The number of halogens is 1. The number of benzene rings is 3. The fourth-order valence-electron chi connectivity index (χ4n) is 3.60. The molecule has 0 spiro atoms. The third kappa shape index (κ3) is 3.86. The summed E-state index contributed by atoms with van der Waals surface area (Å²) in [7, 11) is 1.40. The summed E-state index contributed by atoms with van der Waals surface area (Å²) in [5, 5.41) is 14.7. The molecule has 1 heterocycles. The van der Waals surface area contributed by atoms with Crippen LogP contribution in [0.5, 0.6) is 5.75 Å². The molecule has 0 aliphatic carbocycles. The number of nitro benzene ring substituents is 1. The van der Waals surface area contributed by atoms with E-state index in [0.717, 1.165) is 20.9 Å². The van der Waals surface area contributed by atoms with E-state index in [4.69, 9.17) is 16.3 Å². The third-order valence-corrected chi connectivity index (χ3v) is 6.35. The van der Waals surface area contributed by atoms with Crippen molar-refractivity contribution < 1.29 is 14.5 Å². The molecule has 1 atom stereocenters. The molecule has 8 heteroatoms. The molecule has 6 nitrogen and oxygen atoms in total. The molecule has 1 aliphatic rings. The van der Waals surface area contributed by atoms with E-state index in [-0.39, 0.29) is 35.4 Å². The first-order valence-electron chi connectivity index (χ1n) is 9.15. The molecule has 1 N–H and O–H groups in total. The number of carbonyl (C=O) groups is 1. The highest BCUT2D eigenvalue weighted by molar-refractivity contribution is 7.99. The van der Waals surface area contributed by atoms with Gasteiger partial charge >= 0.3 is 0 Å². The summed E-state index contributed by atoms with van der Waals surface area (Å²) in [6, 6.07) is 18.0. The lowest BCUT2D eigenvalue weighted by Crippen LogP contribution is -2.19. The van der Waals surface area contributed by atoms with E-state index in [1.165, 1.54) is 19.2 Å². The van der Waals surface area contributed by atoms with Crippen molar-refractivity contribution in [3.8, 4) is 5.75 Å². The van der Waals surface area contributed by atoms with Gasteiger partial charge in [0.2, 0.25) is 5.91 Å². The quantitative estimate of drug-likeness (QED) is 0.395. The molecule has 30 heavy (non-hydrogen) atoms. The van der Waals surface area contributed by atoms with Crippen LogP contribution in [0.2, 0.25) is 5.02 Å². The third-order valence-electron chi connectivity index (χ3n) is 4.94. The van der Waals surface area contributed by atoms with E-state index in [1.54, 1.807) is 17.8 Å². The zero-order valence-corrected chi connectivity index (χ0v) is 17.5. The van der Waals surface area contributed by atoms with Gasteiger partial charge in [0.05, 0.1) is 12.0 Å². The summed E-state index contributed by atoms with van der Waals surface area (Å²) in [4.78, 5) is 26.0. The Morgan fingerprint density at radius 3 is 2.67 bits per heavy atom. The number of ether oxygens (including phenoxy) is 1. The van der Waals surface area contributed by atoms with Crippen molar-refractivity contribution in [1.82, 2.24) is 0 Å². The number of carbonyl (C=O) groups excluding carboxylic acids is 1. The minimum absolute atomic E-state index is 0.0554. The van der Waals surface area contributed by atoms with Gasteiger partial charge in [-0.3, -0.25) is 14.9 Å². The second kappa shape index (κ2) is 8.38. The van der Waals surface area contributed by atoms with Crippen molar-refractivity contribution in [2.24, 2.45) is 0 Å². The summed E-state index contributed by atoms with van der Waals surface area (Å²) < 4.78 is 5.22. The van der Waals surface area contributed by atoms with E-state index < -0.39 is 4.92 Å². The maximum atomic E-state index is 13.0. The molecular weight excluding hydrogens is 424 g/mol. The van der Waals surface area contributed by atoms with Gasteiger partial charge in [-0.25, -0.2) is 0 Å². The maximum Gasteiger partial charge on any atom is 0.296 e. The standard InChI is InChI=1S/C22H17ClN2O4S/c1-29-18-7-4-6-17(25(27)28)22(18)24-21(26)12-15-14-5-2-3-8-19(14)30-20-10-9-13(23)11-16(15)20/h2-11,15H,12H2,1H3,(H,24,26). The zero-order chi connectivity index (χ0) is 21.3. The predicted molar refractivity (Wildman–Crippen MR) is 117 cm³/mol. The lowest BCUT2D eigenvalue weighted by atomic mass is 9.87. The first-order valence-corrected chi connectivity index (χ1v) is 10.3. The molecule has 0 bridgehead atoms. The number of nitrogens with one attached hydrogen (secondary N) is 1. The molecule has 0 radical (unpaired) electrons. The summed E-state index contributed by atoms with van der Waals surface area (Å²) >= 11 is 7.87. The van der Waals surface area contributed by atoms with Gasteiger partial charge in [0, 0.05) is 33.2 Å². The van der Waals surface area contributed by atoms with Gasteiger partial charge in [-0.2, -0.15) is 0 Å². The molecule has 152 valence electrons. The molecule has 0 fully saturated rings. The fourth-order valence-corrected chi connectivity index (χ4v) is 4.94. The van der Waals surface area contributed by atoms with E-state index in [2.05, 4.69) is 5.32 Å². The Morgan fingerprint density at radius 2 is 1.90 bits per heavy atom. The van der Waals surface area contributed by atoms with Crippen molar-refractivity contribution in [2.45, 2.75) is 22.1 Å². The minimum atomic E-state index is -0.542. The Morgan fingerprint density at radius 1 is 1.13 bits per heavy atom. The monoisotopic (exact) mass is 440 g/mol. The van der Waals surface area contributed by atoms with Crippen molar-refractivity contribution in [3.63, 3.8) is 0 Å². The van der Waals surface area contributed by atoms with E-state index in [1.807, 2.05) is 42.5 Å². The maximum absolute atomic E-state index is 13.0. The van der Waals surface area contributed by atoms with Crippen LogP contribution in [0.25, 0.3) is 0 Å². The van der Waals surface area contributed by atoms with Crippen molar-refractivity contribution in [1.29, 1.82) is 0 Å². The van der Waals surface area contributed by atoms with Crippen LogP contribution >= 0.6 is 23.4 Å². The number of nitro groups is 1. The van der Waals surface area contributed by atoms with Crippen LogP contribution < -0.4 is 10.1 Å². The van der Waals surface area contributed by atoms with Gasteiger partial charge in [-0.05, 0) is 41.5 Å². The Balaban J connectivity index is 1.68. The van der Waals surface area contributed by atoms with Gasteiger partial charge in [0.25, 0.3) is 5.69 Å². The Hall–Kier alpha value is -3.03. The molecule has 3 aromatic rings. The van der Waals surface area contributed by atoms with Crippen LogP contribution in [0.15, 0.2) is 70.5 Å². The van der Waals surface area contributed by atoms with Gasteiger partial charge < -0.3 is 10.1 Å². The average molecular weight is 441 g/mol. The Labute approximate surface area is 182 Å². The zero-order valence-electron chi connectivity index (χ0n) is 15.9. The number of para-hydroxylation sites is 1. The Kier molecular flexibility index (Phi) is 5.65. The van der Waals surface area contributed by atoms with Gasteiger partial charge in [0.1, 0.15) is 5.75 Å². The summed E-state index contributed by atoms with van der Waals surface area (Å²) in [6.45, 7) is 0. The van der Waals surface area contributed by atoms with Gasteiger partial charge in [0.15, 0.2) is 5.69 Å². The molecule has 0 saturated carbocycles. The van der Waals surface area contributed by atoms with Crippen molar-refractivity contribution in [3.05, 3.63) is 86.9 Å². The number of amides is 1. The van der Waals surface area contributed by atoms with E-state index in [0.29, 0.717) is 5.02 Å². The molecule has 4 rings (SSSR count). The van der Waals surface area contributed by atoms with Crippen LogP contribution in [-0.2, 0) is 4.79 Å². The number of rotatable bonds is 5. The van der Waals surface area contributed by atoms with Crippen LogP contribution in [0.1, 0.15) is 23.5 Å². The lowest BCUT2D eigenvalue weighted by molar-refractivity contribution is -0.384. The minimum Gasteiger partial charge on any atom is -0.494 e. The number of nitrogens with zero attached hydrogens (tertiary/aromatic N) is 1.